The molecule has 138 valence electrons. The van der Waals surface area contributed by atoms with Gasteiger partial charge >= 0.3 is 0 Å². The minimum absolute atomic E-state index is 0.103. The fourth-order valence-electron chi connectivity index (χ4n) is 3.27. The average molecular weight is 389 g/mol. The summed E-state index contributed by atoms with van der Waals surface area (Å²) < 4.78 is 0. The van der Waals surface area contributed by atoms with Crippen LogP contribution in [-0.4, -0.2) is 16.0 Å². The summed E-state index contributed by atoms with van der Waals surface area (Å²) in [6, 6.07) is 24.1. The Morgan fingerprint density at radius 1 is 0.929 bits per heavy atom. The molecular formula is C23H17ClN2O2. The Bertz CT molecular complexity index is 1090. The van der Waals surface area contributed by atoms with Crippen molar-refractivity contribution < 1.29 is 9.90 Å². The molecule has 28 heavy (non-hydrogen) atoms. The summed E-state index contributed by atoms with van der Waals surface area (Å²) in [5.41, 5.74) is 2.30. The van der Waals surface area contributed by atoms with E-state index in [1.807, 2.05) is 60.7 Å². The number of carbonyl (C=O) groups is 1. The number of aromatic hydroxyl groups is 1. The lowest BCUT2D eigenvalue weighted by Gasteiger charge is -2.19. The molecule has 0 radical (unpaired) electrons. The van der Waals surface area contributed by atoms with Crippen LogP contribution in [0.2, 0.25) is 5.02 Å². The molecule has 1 aromatic heterocycles. The van der Waals surface area contributed by atoms with Crippen molar-refractivity contribution >= 4 is 34.1 Å². The van der Waals surface area contributed by atoms with Crippen LogP contribution >= 0.6 is 11.6 Å². The van der Waals surface area contributed by atoms with E-state index in [9.17, 15) is 9.90 Å². The number of pyridine rings is 1. The number of halogens is 1. The third-order valence-corrected chi connectivity index (χ3v) is 4.91. The molecule has 0 unspecified atom stereocenters. The van der Waals surface area contributed by atoms with Crippen LogP contribution in [-0.2, 0) is 4.79 Å². The minimum atomic E-state index is -0.528. The van der Waals surface area contributed by atoms with Gasteiger partial charge in [0.05, 0.1) is 16.6 Å². The van der Waals surface area contributed by atoms with E-state index in [0.29, 0.717) is 15.9 Å². The van der Waals surface area contributed by atoms with Gasteiger partial charge in [-0.2, -0.15) is 0 Å². The van der Waals surface area contributed by atoms with Crippen molar-refractivity contribution in [3.63, 3.8) is 0 Å². The first-order valence-corrected chi connectivity index (χ1v) is 9.20. The van der Waals surface area contributed by atoms with Crippen LogP contribution in [0.15, 0.2) is 85.1 Å². The lowest BCUT2D eigenvalue weighted by molar-refractivity contribution is -0.116. The molecule has 0 saturated heterocycles. The van der Waals surface area contributed by atoms with E-state index in [2.05, 4.69) is 10.3 Å². The van der Waals surface area contributed by atoms with E-state index in [1.54, 1.807) is 24.4 Å². The van der Waals surface area contributed by atoms with Gasteiger partial charge in [-0.05, 0) is 29.3 Å². The molecule has 4 aromatic rings. The smallest absolute Gasteiger partial charge is 0.236 e. The fourth-order valence-corrected chi connectivity index (χ4v) is 3.54. The molecule has 4 nitrogen and oxygen atoms in total. The molecule has 5 heteroatoms. The average Bonchev–Trinajstić information content (AvgIpc) is 2.74. The lowest BCUT2D eigenvalue weighted by atomic mass is 9.90. The van der Waals surface area contributed by atoms with Gasteiger partial charge in [0.2, 0.25) is 5.91 Å². The molecule has 0 saturated carbocycles. The van der Waals surface area contributed by atoms with Crippen molar-refractivity contribution in [3.05, 3.63) is 101 Å². The van der Waals surface area contributed by atoms with Gasteiger partial charge < -0.3 is 10.4 Å². The van der Waals surface area contributed by atoms with Gasteiger partial charge in [0.15, 0.2) is 5.75 Å². The Balaban J connectivity index is 1.75. The number of amides is 1. The maximum atomic E-state index is 13.2. The zero-order valence-electron chi connectivity index (χ0n) is 14.8. The first-order valence-electron chi connectivity index (χ1n) is 8.82. The minimum Gasteiger partial charge on any atom is -0.504 e. The quantitative estimate of drug-likeness (QED) is 0.462. The molecule has 0 aliphatic carbocycles. The summed E-state index contributed by atoms with van der Waals surface area (Å²) >= 11 is 6.33. The third-order valence-electron chi connectivity index (χ3n) is 4.60. The normalized spacial score (nSPS) is 10.9. The van der Waals surface area contributed by atoms with Crippen molar-refractivity contribution in [1.82, 2.24) is 4.98 Å². The van der Waals surface area contributed by atoms with E-state index >= 15 is 0 Å². The predicted molar refractivity (Wildman–Crippen MR) is 112 cm³/mol. The van der Waals surface area contributed by atoms with Crippen molar-refractivity contribution in [3.8, 4) is 5.75 Å². The maximum absolute atomic E-state index is 13.2. The molecule has 4 rings (SSSR count). The van der Waals surface area contributed by atoms with Gasteiger partial charge in [-0.3, -0.25) is 9.78 Å². The van der Waals surface area contributed by atoms with Crippen molar-refractivity contribution in [2.75, 3.05) is 5.32 Å². The highest BCUT2D eigenvalue weighted by atomic mass is 35.5. The van der Waals surface area contributed by atoms with Gasteiger partial charge in [0.1, 0.15) is 5.52 Å². The summed E-state index contributed by atoms with van der Waals surface area (Å²) in [7, 11) is 0. The van der Waals surface area contributed by atoms with Gasteiger partial charge in [-0.1, -0.05) is 72.3 Å². The highest BCUT2D eigenvalue weighted by Gasteiger charge is 2.24. The maximum Gasteiger partial charge on any atom is 0.236 e. The van der Waals surface area contributed by atoms with E-state index in [0.717, 1.165) is 11.1 Å². The van der Waals surface area contributed by atoms with Crippen LogP contribution < -0.4 is 5.32 Å². The summed E-state index contributed by atoms with van der Waals surface area (Å²) in [6.07, 6.45) is 1.57. The molecular weight excluding hydrogens is 372 g/mol. The third kappa shape index (κ3) is 3.42. The topological polar surface area (TPSA) is 62.2 Å². The van der Waals surface area contributed by atoms with Crippen LogP contribution in [0.3, 0.4) is 0 Å². The molecule has 0 spiro atoms. The number of aromatic nitrogens is 1. The van der Waals surface area contributed by atoms with Gasteiger partial charge in [0, 0.05) is 11.6 Å². The van der Waals surface area contributed by atoms with Crippen LogP contribution in [0, 0.1) is 0 Å². The van der Waals surface area contributed by atoms with E-state index < -0.39 is 5.92 Å². The number of hydrogen-bond donors (Lipinski definition) is 2. The van der Waals surface area contributed by atoms with E-state index in [-0.39, 0.29) is 17.3 Å². The van der Waals surface area contributed by atoms with Crippen molar-refractivity contribution in [2.45, 2.75) is 5.92 Å². The zero-order valence-corrected chi connectivity index (χ0v) is 15.6. The Morgan fingerprint density at radius 3 is 2.14 bits per heavy atom. The molecule has 3 aromatic carbocycles. The predicted octanol–water partition coefficient (Wildman–Crippen LogP) is 5.36. The first-order chi connectivity index (χ1) is 13.6. The molecule has 2 N–H and O–H groups in total. The first kappa shape index (κ1) is 18.0. The number of fused-ring (bicyclic) bond motifs is 1. The number of anilines is 1. The highest BCUT2D eigenvalue weighted by molar-refractivity contribution is 6.36. The number of rotatable bonds is 4. The Labute approximate surface area is 167 Å². The molecule has 1 heterocycles. The summed E-state index contributed by atoms with van der Waals surface area (Å²) in [5.74, 6) is -0.896. The number of hydrogen-bond acceptors (Lipinski definition) is 3. The van der Waals surface area contributed by atoms with Crippen LogP contribution in [0.4, 0.5) is 5.69 Å². The number of nitrogens with one attached hydrogen (secondary N) is 1. The number of carbonyl (C=O) groups excluding carboxylic acids is 1. The lowest BCUT2D eigenvalue weighted by Crippen LogP contribution is -2.22. The number of phenols is 1. The second-order valence-electron chi connectivity index (χ2n) is 6.40. The van der Waals surface area contributed by atoms with E-state index in [4.69, 9.17) is 11.6 Å². The number of phenolic OH excluding ortho intramolecular Hbond substituents is 1. The molecule has 0 bridgehead atoms. The standard InChI is InChI=1S/C23H17ClN2O2/c24-18-14-19(22(27)21-17(18)12-7-13-25-21)26-23(28)20(15-8-3-1-4-9-15)16-10-5-2-6-11-16/h1-14,20,27H,(H,26,28). The molecule has 0 fully saturated rings. The van der Waals surface area contributed by atoms with Crippen LogP contribution in [0.1, 0.15) is 17.0 Å². The van der Waals surface area contributed by atoms with Crippen LogP contribution in [0.5, 0.6) is 5.75 Å². The molecule has 0 aliphatic rings. The Morgan fingerprint density at radius 2 is 1.54 bits per heavy atom. The fraction of sp³-hybridized carbons (Fsp3) is 0.0435. The van der Waals surface area contributed by atoms with Crippen molar-refractivity contribution in [2.24, 2.45) is 0 Å². The van der Waals surface area contributed by atoms with Crippen LogP contribution in [0.25, 0.3) is 10.9 Å². The monoisotopic (exact) mass is 388 g/mol. The second-order valence-corrected chi connectivity index (χ2v) is 6.80. The van der Waals surface area contributed by atoms with Gasteiger partial charge in [0.25, 0.3) is 0 Å². The van der Waals surface area contributed by atoms with Gasteiger partial charge in [-0.15, -0.1) is 0 Å². The summed E-state index contributed by atoms with van der Waals surface area (Å²) in [4.78, 5) is 17.4. The highest BCUT2D eigenvalue weighted by Crippen LogP contribution is 2.37. The molecule has 0 atom stereocenters. The Kier molecular flexibility index (Phi) is 4.96. The molecule has 1 amide bonds. The summed E-state index contributed by atoms with van der Waals surface area (Å²) in [6.45, 7) is 0. The Hall–Kier alpha value is -3.37. The second kappa shape index (κ2) is 7.71. The van der Waals surface area contributed by atoms with Crippen molar-refractivity contribution in [1.29, 1.82) is 0 Å². The molecule has 0 aliphatic heterocycles. The SMILES string of the molecule is O=C(Nc1cc(Cl)c2cccnc2c1O)C(c1ccccc1)c1ccccc1. The van der Waals surface area contributed by atoms with E-state index in [1.165, 1.54) is 0 Å². The zero-order chi connectivity index (χ0) is 19.5. The van der Waals surface area contributed by atoms with Gasteiger partial charge in [-0.25, -0.2) is 0 Å². The summed E-state index contributed by atoms with van der Waals surface area (Å²) in [5, 5.41) is 14.5. The largest absolute Gasteiger partial charge is 0.504 e. The number of nitrogens with zero attached hydrogens (tertiary/aromatic N) is 1. The number of benzene rings is 3.